The first kappa shape index (κ1) is 16.8. The highest BCUT2D eigenvalue weighted by Crippen LogP contribution is 2.26. The first-order valence-corrected chi connectivity index (χ1v) is 9.08. The average molecular weight is 348 g/mol. The highest BCUT2D eigenvalue weighted by atomic mass is 32.2. The van der Waals surface area contributed by atoms with Crippen LogP contribution < -0.4 is 4.90 Å². The second kappa shape index (κ2) is 6.84. The first-order valence-electron chi connectivity index (χ1n) is 7.64. The van der Waals surface area contributed by atoms with Gasteiger partial charge in [-0.3, -0.25) is 4.98 Å². The van der Waals surface area contributed by atoms with Crippen molar-refractivity contribution in [2.45, 2.75) is 11.0 Å². The Balaban J connectivity index is 1.83. The van der Waals surface area contributed by atoms with Crippen molar-refractivity contribution in [2.75, 3.05) is 38.7 Å². The van der Waals surface area contributed by atoms with Crippen molar-refractivity contribution in [3.05, 3.63) is 48.4 Å². The van der Waals surface area contributed by atoms with Gasteiger partial charge in [-0.05, 0) is 24.3 Å². The van der Waals surface area contributed by atoms with Crippen molar-refractivity contribution in [1.82, 2.24) is 14.3 Å². The highest BCUT2D eigenvalue weighted by Gasteiger charge is 2.32. The minimum absolute atomic E-state index is 0.195. The predicted molar refractivity (Wildman–Crippen MR) is 90.3 cm³/mol. The summed E-state index contributed by atoms with van der Waals surface area (Å²) in [6.45, 7) is 0.889. The maximum Gasteiger partial charge on any atom is 0.244 e. The van der Waals surface area contributed by atoms with E-state index in [1.165, 1.54) is 10.5 Å². The Bertz CT molecular complexity index is 796. The minimum atomic E-state index is -3.58. The van der Waals surface area contributed by atoms with Crippen molar-refractivity contribution in [3.8, 4) is 0 Å². The van der Waals surface area contributed by atoms with Crippen LogP contribution in [-0.2, 0) is 14.8 Å². The first-order chi connectivity index (χ1) is 11.5. The molecule has 0 radical (unpaired) electrons. The van der Waals surface area contributed by atoms with E-state index in [2.05, 4.69) is 9.97 Å². The summed E-state index contributed by atoms with van der Waals surface area (Å²) in [6.07, 6.45) is 2.53. The van der Waals surface area contributed by atoms with Crippen molar-refractivity contribution in [3.63, 3.8) is 0 Å². The largest absolute Gasteiger partial charge is 0.369 e. The van der Waals surface area contributed by atoms with E-state index < -0.39 is 10.0 Å². The maximum absolute atomic E-state index is 12.7. The Morgan fingerprint density at radius 3 is 2.79 bits per heavy atom. The zero-order valence-electron chi connectivity index (χ0n) is 13.7. The number of rotatable bonds is 4. The number of nitrogens with zero attached hydrogens (tertiary/aromatic N) is 4. The van der Waals surface area contributed by atoms with Crippen LogP contribution in [-0.4, -0.2) is 56.5 Å². The van der Waals surface area contributed by atoms with Gasteiger partial charge in [0.15, 0.2) is 0 Å². The number of sulfonamides is 1. The molecule has 24 heavy (non-hydrogen) atoms. The van der Waals surface area contributed by atoms with Gasteiger partial charge in [0.1, 0.15) is 16.8 Å². The molecule has 7 nitrogen and oxygen atoms in total. The summed E-state index contributed by atoms with van der Waals surface area (Å²) in [6, 6.07) is 8.83. The lowest BCUT2D eigenvalue weighted by atomic mass is 10.2. The number of aromatic nitrogens is 2. The Morgan fingerprint density at radius 2 is 2.08 bits per heavy atom. The lowest BCUT2D eigenvalue weighted by molar-refractivity contribution is -0.00488. The van der Waals surface area contributed by atoms with Crippen molar-refractivity contribution < 1.29 is 13.2 Å². The molecular formula is C16H20N4O3S. The van der Waals surface area contributed by atoms with Crippen LogP contribution in [0.2, 0.25) is 0 Å². The molecule has 1 saturated heterocycles. The molecule has 1 fully saturated rings. The Morgan fingerprint density at radius 1 is 1.25 bits per heavy atom. The molecule has 1 atom stereocenters. The Labute approximate surface area is 142 Å². The number of morpholine rings is 1. The fourth-order valence-corrected chi connectivity index (χ4v) is 3.93. The molecule has 0 spiro atoms. The van der Waals surface area contributed by atoms with Crippen LogP contribution >= 0.6 is 0 Å². The third-order valence-corrected chi connectivity index (χ3v) is 5.69. The molecule has 3 rings (SSSR count). The fraction of sp³-hybridized carbons (Fsp3) is 0.375. The number of hydrogen-bond acceptors (Lipinski definition) is 6. The van der Waals surface area contributed by atoms with Gasteiger partial charge in [-0.2, -0.15) is 4.31 Å². The van der Waals surface area contributed by atoms with E-state index in [9.17, 15) is 8.42 Å². The third-order valence-electron chi connectivity index (χ3n) is 3.85. The van der Waals surface area contributed by atoms with Gasteiger partial charge >= 0.3 is 0 Å². The molecule has 0 bridgehead atoms. The number of pyridine rings is 2. The zero-order valence-corrected chi connectivity index (χ0v) is 14.5. The molecular weight excluding hydrogens is 328 g/mol. The maximum atomic E-state index is 12.7. The van der Waals surface area contributed by atoms with E-state index in [1.807, 2.05) is 37.2 Å². The molecule has 128 valence electrons. The molecule has 8 heteroatoms. The van der Waals surface area contributed by atoms with Crippen LogP contribution in [0.1, 0.15) is 11.8 Å². The van der Waals surface area contributed by atoms with E-state index in [4.69, 9.17) is 4.74 Å². The van der Waals surface area contributed by atoms with Crippen LogP contribution in [0.4, 0.5) is 5.82 Å². The van der Waals surface area contributed by atoms with Crippen LogP contribution in [0.15, 0.2) is 47.6 Å². The van der Waals surface area contributed by atoms with Gasteiger partial charge < -0.3 is 9.64 Å². The molecule has 0 unspecified atom stereocenters. The average Bonchev–Trinajstić information content (AvgIpc) is 2.62. The number of hydrogen-bond donors (Lipinski definition) is 0. The lowest BCUT2D eigenvalue weighted by Gasteiger charge is -2.32. The van der Waals surface area contributed by atoms with Crippen LogP contribution in [0.3, 0.4) is 0 Å². The quantitative estimate of drug-likeness (QED) is 0.829. The van der Waals surface area contributed by atoms with Gasteiger partial charge in [-0.15, -0.1) is 0 Å². The van der Waals surface area contributed by atoms with E-state index >= 15 is 0 Å². The second-order valence-corrected chi connectivity index (χ2v) is 7.66. The molecule has 0 aliphatic carbocycles. The van der Waals surface area contributed by atoms with Crippen LogP contribution in [0, 0.1) is 0 Å². The van der Waals surface area contributed by atoms with Crippen molar-refractivity contribution in [2.24, 2.45) is 0 Å². The summed E-state index contributed by atoms with van der Waals surface area (Å²) in [5.74, 6) is 0.809. The summed E-state index contributed by atoms with van der Waals surface area (Å²) >= 11 is 0. The van der Waals surface area contributed by atoms with Crippen LogP contribution in [0.25, 0.3) is 0 Å². The molecule has 1 aliphatic rings. The highest BCUT2D eigenvalue weighted by molar-refractivity contribution is 7.89. The fourth-order valence-electron chi connectivity index (χ4n) is 2.54. The number of ether oxygens (including phenoxy) is 1. The second-order valence-electron chi connectivity index (χ2n) is 5.73. The molecule has 2 aromatic rings. The van der Waals surface area contributed by atoms with Crippen molar-refractivity contribution in [1.29, 1.82) is 0 Å². The molecule has 0 N–H and O–H groups in total. The summed E-state index contributed by atoms with van der Waals surface area (Å²) < 4.78 is 32.7. The zero-order chi connectivity index (χ0) is 17.2. The smallest absolute Gasteiger partial charge is 0.244 e. The molecule has 0 saturated carbocycles. The summed E-state index contributed by atoms with van der Waals surface area (Å²) in [5.41, 5.74) is 0.729. The monoisotopic (exact) mass is 348 g/mol. The minimum Gasteiger partial charge on any atom is -0.369 e. The van der Waals surface area contributed by atoms with Gasteiger partial charge in [-0.25, -0.2) is 13.4 Å². The summed E-state index contributed by atoms with van der Waals surface area (Å²) in [4.78, 5) is 10.5. The van der Waals surface area contributed by atoms with Gasteiger partial charge in [0.25, 0.3) is 0 Å². The lowest BCUT2D eigenvalue weighted by Crippen LogP contribution is -2.42. The normalized spacial score (nSPS) is 19.2. The SMILES string of the molecule is CN(C)c1cccc([C@H]2CN(S(=O)(=O)c3cccnc3)CCO2)n1. The van der Waals surface area contributed by atoms with Crippen molar-refractivity contribution >= 4 is 15.8 Å². The molecule has 1 aliphatic heterocycles. The molecule has 0 amide bonds. The van der Waals surface area contributed by atoms with Crippen LogP contribution in [0.5, 0.6) is 0 Å². The van der Waals surface area contributed by atoms with Gasteiger partial charge in [0, 0.05) is 39.6 Å². The number of anilines is 1. The standard InChI is InChI=1S/C16H20N4O3S/c1-19(2)16-7-3-6-14(18-16)15-12-20(9-10-23-15)24(21,22)13-5-4-8-17-11-13/h3-8,11,15H,9-10,12H2,1-2H3/t15-/m1/s1. The van der Waals surface area contributed by atoms with Gasteiger partial charge in [0.05, 0.1) is 12.3 Å². The predicted octanol–water partition coefficient (Wildman–Crippen LogP) is 1.30. The molecule has 3 heterocycles. The van der Waals surface area contributed by atoms with E-state index in [0.717, 1.165) is 11.5 Å². The third kappa shape index (κ3) is 3.40. The Hall–Kier alpha value is -2.03. The van der Waals surface area contributed by atoms with E-state index in [-0.39, 0.29) is 17.5 Å². The molecule has 0 aromatic carbocycles. The van der Waals surface area contributed by atoms with Gasteiger partial charge in [0.2, 0.25) is 10.0 Å². The van der Waals surface area contributed by atoms with E-state index in [0.29, 0.717) is 13.2 Å². The van der Waals surface area contributed by atoms with Gasteiger partial charge in [-0.1, -0.05) is 6.07 Å². The Kier molecular flexibility index (Phi) is 4.79. The summed E-state index contributed by atoms with van der Waals surface area (Å²) in [5, 5.41) is 0. The van der Waals surface area contributed by atoms with E-state index in [1.54, 1.807) is 18.3 Å². The topological polar surface area (TPSA) is 75.6 Å². The molecule has 2 aromatic heterocycles. The summed E-state index contributed by atoms with van der Waals surface area (Å²) in [7, 11) is 0.243.